The molecule has 1 fully saturated rings. The number of aromatic nitrogens is 1. The number of nitrogens with one attached hydrogen (secondary N) is 1. The summed E-state index contributed by atoms with van der Waals surface area (Å²) < 4.78 is 0. The summed E-state index contributed by atoms with van der Waals surface area (Å²) in [6.07, 6.45) is 6.79. The quantitative estimate of drug-likeness (QED) is 0.879. The molecule has 1 N–H and O–H groups in total. The minimum absolute atomic E-state index is 0.594. The summed E-state index contributed by atoms with van der Waals surface area (Å²) in [4.78, 5) is 7.27. The summed E-state index contributed by atoms with van der Waals surface area (Å²) >= 11 is 7.65. The van der Waals surface area contributed by atoms with Crippen molar-refractivity contribution in [2.24, 2.45) is 0 Å². The maximum atomic E-state index is 6.04. The average Bonchev–Trinajstić information content (AvgIpc) is 2.98. The van der Waals surface area contributed by atoms with Crippen LogP contribution in [-0.2, 0) is 0 Å². The smallest absolute Gasteiger partial charge is 0.186 e. The highest BCUT2D eigenvalue weighted by atomic mass is 35.5. The molecule has 0 radical (unpaired) electrons. The van der Waals surface area contributed by atoms with E-state index in [0.29, 0.717) is 5.15 Å². The van der Waals surface area contributed by atoms with Gasteiger partial charge in [-0.25, -0.2) is 4.98 Å². The van der Waals surface area contributed by atoms with Crippen molar-refractivity contribution in [2.45, 2.75) is 18.9 Å². The van der Waals surface area contributed by atoms with Crippen LogP contribution in [0.5, 0.6) is 0 Å². The van der Waals surface area contributed by atoms with Gasteiger partial charge in [0, 0.05) is 26.7 Å². The molecule has 5 heteroatoms. The van der Waals surface area contributed by atoms with E-state index in [2.05, 4.69) is 16.4 Å². The van der Waals surface area contributed by atoms with E-state index in [1.807, 2.05) is 25.1 Å². The molecule has 1 heterocycles. The lowest BCUT2D eigenvalue weighted by Crippen LogP contribution is -2.15. The molecule has 88 valence electrons. The van der Waals surface area contributed by atoms with Crippen LogP contribution < -0.4 is 10.2 Å². The first-order valence-corrected chi connectivity index (χ1v) is 6.60. The highest BCUT2D eigenvalue weighted by Gasteiger charge is 2.19. The van der Waals surface area contributed by atoms with E-state index in [4.69, 9.17) is 11.6 Å². The maximum Gasteiger partial charge on any atom is 0.186 e. The fourth-order valence-corrected chi connectivity index (χ4v) is 2.40. The molecule has 0 aromatic carbocycles. The summed E-state index contributed by atoms with van der Waals surface area (Å²) in [5.74, 6) is 0. The first-order chi connectivity index (χ1) is 7.66. The van der Waals surface area contributed by atoms with E-state index >= 15 is 0 Å². The van der Waals surface area contributed by atoms with Gasteiger partial charge >= 0.3 is 0 Å². The molecule has 0 bridgehead atoms. The molecule has 2 rings (SSSR count). The molecule has 1 aromatic rings. The van der Waals surface area contributed by atoms with Gasteiger partial charge in [0.25, 0.3) is 0 Å². The zero-order chi connectivity index (χ0) is 11.5. The maximum absolute atomic E-state index is 6.04. The van der Waals surface area contributed by atoms with E-state index in [-0.39, 0.29) is 0 Å². The Morgan fingerprint density at radius 2 is 2.31 bits per heavy atom. The Morgan fingerprint density at radius 1 is 1.56 bits per heavy atom. The Kier molecular flexibility index (Phi) is 3.84. The van der Waals surface area contributed by atoms with Gasteiger partial charge in [0.1, 0.15) is 5.15 Å². The third kappa shape index (κ3) is 3.20. The molecular formula is C11H16ClN3S. The molecule has 1 aliphatic carbocycles. The van der Waals surface area contributed by atoms with Gasteiger partial charge in [0.2, 0.25) is 0 Å². The van der Waals surface area contributed by atoms with Crippen molar-refractivity contribution in [3.05, 3.63) is 16.1 Å². The monoisotopic (exact) mass is 257 g/mol. The average molecular weight is 258 g/mol. The van der Waals surface area contributed by atoms with Crippen LogP contribution >= 0.6 is 22.9 Å². The second kappa shape index (κ2) is 5.17. The fourth-order valence-electron chi connectivity index (χ4n) is 1.28. The summed E-state index contributed by atoms with van der Waals surface area (Å²) in [7, 11) is 3.94. The molecule has 1 aromatic heterocycles. The zero-order valence-corrected chi connectivity index (χ0v) is 11.1. The lowest BCUT2D eigenvalue weighted by Gasteiger charge is -2.04. The van der Waals surface area contributed by atoms with Crippen LogP contribution in [0.2, 0.25) is 5.15 Å². The molecule has 16 heavy (non-hydrogen) atoms. The standard InChI is InChI=1S/C11H16ClN3S/c1-15(2)11-14-10(12)9(16-11)4-3-7-13-8-5-6-8/h3-4,8,13H,5-7H2,1-2H3. The van der Waals surface area contributed by atoms with E-state index in [9.17, 15) is 0 Å². The Balaban J connectivity index is 1.91. The first kappa shape index (κ1) is 11.9. The predicted octanol–water partition coefficient (Wildman–Crippen LogP) is 2.63. The molecule has 0 unspecified atom stereocenters. The molecule has 0 aliphatic heterocycles. The Morgan fingerprint density at radius 3 is 2.88 bits per heavy atom. The molecule has 1 aliphatic rings. The Labute approximate surface area is 105 Å². The number of hydrogen-bond donors (Lipinski definition) is 1. The lowest BCUT2D eigenvalue weighted by atomic mass is 10.4. The number of hydrogen-bond acceptors (Lipinski definition) is 4. The highest BCUT2D eigenvalue weighted by Crippen LogP contribution is 2.29. The summed E-state index contributed by atoms with van der Waals surface area (Å²) in [5, 5.41) is 4.96. The Bertz CT molecular complexity index is 383. The van der Waals surface area contributed by atoms with Crippen molar-refractivity contribution in [3.8, 4) is 0 Å². The van der Waals surface area contributed by atoms with Crippen molar-refractivity contribution in [1.29, 1.82) is 0 Å². The van der Waals surface area contributed by atoms with Crippen LogP contribution in [0.3, 0.4) is 0 Å². The van der Waals surface area contributed by atoms with Gasteiger partial charge < -0.3 is 10.2 Å². The van der Waals surface area contributed by atoms with Crippen molar-refractivity contribution in [1.82, 2.24) is 10.3 Å². The van der Waals surface area contributed by atoms with Gasteiger partial charge in [-0.3, -0.25) is 0 Å². The topological polar surface area (TPSA) is 28.2 Å². The first-order valence-electron chi connectivity index (χ1n) is 5.40. The van der Waals surface area contributed by atoms with E-state index in [1.54, 1.807) is 11.3 Å². The van der Waals surface area contributed by atoms with E-state index in [1.165, 1.54) is 12.8 Å². The second-order valence-electron chi connectivity index (χ2n) is 4.13. The number of halogens is 1. The molecule has 3 nitrogen and oxygen atoms in total. The number of anilines is 1. The van der Waals surface area contributed by atoms with Gasteiger partial charge in [-0.1, -0.05) is 29.0 Å². The fraction of sp³-hybridized carbons (Fsp3) is 0.545. The van der Waals surface area contributed by atoms with Crippen LogP contribution in [0.15, 0.2) is 6.08 Å². The highest BCUT2D eigenvalue weighted by molar-refractivity contribution is 7.17. The number of nitrogens with zero attached hydrogens (tertiary/aromatic N) is 2. The van der Waals surface area contributed by atoms with Crippen LogP contribution in [0.4, 0.5) is 5.13 Å². The second-order valence-corrected chi connectivity index (χ2v) is 5.50. The van der Waals surface area contributed by atoms with Crippen LogP contribution in [0.25, 0.3) is 6.08 Å². The van der Waals surface area contributed by atoms with Crippen molar-refractivity contribution < 1.29 is 0 Å². The minimum atomic E-state index is 0.594. The van der Waals surface area contributed by atoms with Crippen molar-refractivity contribution in [3.63, 3.8) is 0 Å². The zero-order valence-electron chi connectivity index (χ0n) is 9.53. The molecule has 1 saturated carbocycles. The number of thiazole rings is 1. The van der Waals surface area contributed by atoms with Crippen molar-refractivity contribution >= 4 is 34.1 Å². The predicted molar refractivity (Wildman–Crippen MR) is 71.5 cm³/mol. The SMILES string of the molecule is CN(C)c1nc(Cl)c(C=CCNC2CC2)s1. The third-order valence-electron chi connectivity index (χ3n) is 2.35. The van der Waals surface area contributed by atoms with Crippen molar-refractivity contribution in [2.75, 3.05) is 25.5 Å². The van der Waals surface area contributed by atoms with Crippen LogP contribution in [-0.4, -0.2) is 31.7 Å². The van der Waals surface area contributed by atoms with Crippen LogP contribution in [0, 0.1) is 0 Å². The lowest BCUT2D eigenvalue weighted by molar-refractivity contribution is 0.754. The summed E-state index contributed by atoms with van der Waals surface area (Å²) in [5.41, 5.74) is 0. The molecule has 0 atom stereocenters. The molecular weight excluding hydrogens is 242 g/mol. The van der Waals surface area contributed by atoms with Crippen LogP contribution in [0.1, 0.15) is 17.7 Å². The van der Waals surface area contributed by atoms with Gasteiger partial charge in [0.05, 0.1) is 4.88 Å². The van der Waals surface area contributed by atoms with Gasteiger partial charge in [-0.15, -0.1) is 0 Å². The summed E-state index contributed by atoms with van der Waals surface area (Å²) in [6.45, 7) is 0.913. The van der Waals surface area contributed by atoms with Gasteiger partial charge in [0.15, 0.2) is 5.13 Å². The van der Waals surface area contributed by atoms with Gasteiger partial charge in [-0.2, -0.15) is 0 Å². The Hall–Kier alpha value is -0.580. The van der Waals surface area contributed by atoms with E-state index in [0.717, 1.165) is 22.6 Å². The third-order valence-corrected chi connectivity index (χ3v) is 3.94. The summed E-state index contributed by atoms with van der Waals surface area (Å²) in [6, 6.07) is 0.749. The largest absolute Gasteiger partial charge is 0.354 e. The van der Waals surface area contributed by atoms with E-state index < -0.39 is 0 Å². The molecule has 0 spiro atoms. The molecule has 0 saturated heterocycles. The number of rotatable bonds is 5. The van der Waals surface area contributed by atoms with Gasteiger partial charge in [-0.05, 0) is 18.9 Å². The molecule has 0 amide bonds. The normalized spacial score (nSPS) is 15.9. The minimum Gasteiger partial charge on any atom is -0.354 e.